The van der Waals surface area contributed by atoms with Gasteiger partial charge in [0.2, 0.25) is 0 Å². The van der Waals surface area contributed by atoms with Crippen LogP contribution >= 0.6 is 0 Å². The molecular formula is C22H44. The van der Waals surface area contributed by atoms with Gasteiger partial charge in [0.15, 0.2) is 0 Å². The van der Waals surface area contributed by atoms with Gasteiger partial charge in [0.25, 0.3) is 0 Å². The van der Waals surface area contributed by atoms with E-state index in [-0.39, 0.29) is 32.5 Å². The van der Waals surface area contributed by atoms with Gasteiger partial charge in [0.05, 0.1) is 0 Å². The first kappa shape index (κ1) is 20.0. The summed E-state index contributed by atoms with van der Waals surface area (Å²) in [4.78, 5) is 0. The van der Waals surface area contributed by atoms with Crippen molar-refractivity contribution in [3.63, 3.8) is 0 Å². The number of hydrogen-bond acceptors (Lipinski definition) is 0. The topological polar surface area (TPSA) is 0 Å². The summed E-state index contributed by atoms with van der Waals surface area (Å²) in [7, 11) is 0. The van der Waals surface area contributed by atoms with Crippen LogP contribution in [0.1, 0.15) is 103 Å². The van der Waals surface area contributed by atoms with Crippen LogP contribution in [0.3, 0.4) is 0 Å². The largest absolute Gasteiger partial charge is 0.0602 e. The normalized spacial score (nSPS) is 37.4. The van der Waals surface area contributed by atoms with Crippen LogP contribution in [0.2, 0.25) is 0 Å². The third-order valence-corrected chi connectivity index (χ3v) is 9.24. The first-order valence-corrected chi connectivity index (χ1v) is 9.21. The van der Waals surface area contributed by atoms with E-state index in [4.69, 9.17) is 0 Å². The van der Waals surface area contributed by atoms with Gasteiger partial charge in [-0.25, -0.2) is 0 Å². The number of hydrogen-bond donors (Lipinski definition) is 0. The molecule has 1 fully saturated rings. The van der Waals surface area contributed by atoms with Crippen LogP contribution < -0.4 is 0 Å². The Morgan fingerprint density at radius 3 is 1.18 bits per heavy atom. The maximum atomic E-state index is 2.60. The van der Waals surface area contributed by atoms with E-state index in [1.807, 2.05) is 0 Å². The van der Waals surface area contributed by atoms with Crippen molar-refractivity contribution < 1.29 is 0 Å². The molecule has 0 heterocycles. The van der Waals surface area contributed by atoms with Crippen molar-refractivity contribution in [2.45, 2.75) is 103 Å². The van der Waals surface area contributed by atoms with Crippen molar-refractivity contribution in [1.29, 1.82) is 0 Å². The highest BCUT2D eigenvalue weighted by Crippen LogP contribution is 2.83. The van der Waals surface area contributed by atoms with Crippen molar-refractivity contribution in [1.82, 2.24) is 0 Å². The third-order valence-electron chi connectivity index (χ3n) is 9.24. The minimum Gasteiger partial charge on any atom is -0.0602 e. The van der Waals surface area contributed by atoms with E-state index in [1.165, 1.54) is 6.42 Å². The van der Waals surface area contributed by atoms with Crippen molar-refractivity contribution in [3.8, 4) is 0 Å². The molecule has 1 aliphatic carbocycles. The molecular weight excluding hydrogens is 264 g/mol. The van der Waals surface area contributed by atoms with Gasteiger partial charge in [-0.3, -0.25) is 0 Å². The Morgan fingerprint density at radius 2 is 0.909 bits per heavy atom. The lowest BCUT2D eigenvalue weighted by Crippen LogP contribution is -2.54. The predicted octanol–water partition coefficient (Wildman–Crippen LogP) is 7.57. The van der Waals surface area contributed by atoms with Gasteiger partial charge in [-0.05, 0) is 44.3 Å². The SMILES string of the molecule is CC(C)(C)CC1(C)C(C)(C)C(C)(C)C(C)(C)C1(C)C(C)(C)C. The molecule has 0 nitrogen and oxygen atoms in total. The molecule has 0 amide bonds. The van der Waals surface area contributed by atoms with Crippen molar-refractivity contribution in [2.75, 3.05) is 0 Å². The molecule has 0 spiro atoms. The molecule has 1 saturated carbocycles. The highest BCUT2D eigenvalue weighted by Gasteiger charge is 2.77. The Hall–Kier alpha value is 0. The summed E-state index contributed by atoms with van der Waals surface area (Å²) in [6.45, 7) is 35.0. The first-order chi connectivity index (χ1) is 9.21. The van der Waals surface area contributed by atoms with Crippen LogP contribution in [0, 0.1) is 37.9 Å². The van der Waals surface area contributed by atoms with E-state index >= 15 is 0 Å². The van der Waals surface area contributed by atoms with E-state index in [9.17, 15) is 0 Å². The van der Waals surface area contributed by atoms with Crippen molar-refractivity contribution in [3.05, 3.63) is 0 Å². The van der Waals surface area contributed by atoms with Crippen LogP contribution in [0.25, 0.3) is 0 Å². The molecule has 0 N–H and O–H groups in total. The second-order valence-electron chi connectivity index (χ2n) is 12.3. The molecule has 0 radical (unpaired) electrons. The third kappa shape index (κ3) is 2.01. The summed E-state index contributed by atoms with van der Waals surface area (Å²) in [6, 6.07) is 0. The molecule has 0 aromatic carbocycles. The van der Waals surface area contributed by atoms with Gasteiger partial charge in [0, 0.05) is 0 Å². The molecule has 0 saturated heterocycles. The highest BCUT2D eigenvalue weighted by atomic mass is 14.8. The van der Waals surface area contributed by atoms with Crippen molar-refractivity contribution in [2.24, 2.45) is 37.9 Å². The zero-order valence-corrected chi connectivity index (χ0v) is 18.2. The monoisotopic (exact) mass is 308 g/mol. The average molecular weight is 309 g/mol. The molecule has 2 atom stereocenters. The highest BCUT2D eigenvalue weighted by molar-refractivity contribution is 5.25. The Bertz CT molecular complexity index is 436. The summed E-state index contributed by atoms with van der Waals surface area (Å²) < 4.78 is 0. The molecule has 0 aromatic rings. The molecule has 1 aliphatic rings. The minimum atomic E-state index is 0.257. The Morgan fingerprint density at radius 1 is 0.545 bits per heavy atom. The van der Waals surface area contributed by atoms with E-state index in [1.54, 1.807) is 0 Å². The van der Waals surface area contributed by atoms with Crippen LogP contribution in [-0.2, 0) is 0 Å². The smallest absolute Gasteiger partial charge is 0.0161 e. The fourth-order valence-electron chi connectivity index (χ4n) is 6.63. The number of rotatable bonds is 1. The standard InChI is InChI=1S/C22H44/c1-16(2,3)15-21(13)19(9,10)18(7,8)20(11,12)22(21,14)17(4,5)6/h15H2,1-14H3. The molecule has 1 rings (SSSR count). The van der Waals surface area contributed by atoms with Crippen molar-refractivity contribution >= 4 is 0 Å². The quantitative estimate of drug-likeness (QED) is 0.468. The molecule has 0 aliphatic heterocycles. The molecule has 2 unspecified atom stereocenters. The second kappa shape index (κ2) is 4.54. The lowest BCUT2D eigenvalue weighted by atomic mass is 9.44. The maximum Gasteiger partial charge on any atom is -0.0161 e. The van der Waals surface area contributed by atoms with E-state index in [2.05, 4.69) is 96.9 Å². The Labute approximate surface area is 141 Å². The summed E-state index contributed by atoms with van der Waals surface area (Å²) in [5, 5.41) is 0. The van der Waals surface area contributed by atoms with Gasteiger partial charge in [-0.15, -0.1) is 0 Å². The minimum absolute atomic E-state index is 0.257. The zero-order chi connectivity index (χ0) is 18.2. The van der Waals surface area contributed by atoms with Gasteiger partial charge < -0.3 is 0 Å². The maximum absolute atomic E-state index is 2.60. The molecule has 22 heavy (non-hydrogen) atoms. The van der Waals surface area contributed by atoms with Gasteiger partial charge in [-0.2, -0.15) is 0 Å². The summed E-state index contributed by atoms with van der Waals surface area (Å²) in [5.74, 6) is 0. The molecule has 0 aromatic heterocycles. The second-order valence-corrected chi connectivity index (χ2v) is 12.3. The Kier molecular flexibility index (Phi) is 4.14. The summed E-state index contributed by atoms with van der Waals surface area (Å²) >= 11 is 0. The average Bonchev–Trinajstić information content (AvgIpc) is 2.26. The first-order valence-electron chi connectivity index (χ1n) is 9.21. The van der Waals surface area contributed by atoms with Gasteiger partial charge in [-0.1, -0.05) is 96.9 Å². The summed E-state index contributed by atoms with van der Waals surface area (Å²) in [5.41, 5.74) is 1.97. The lowest BCUT2D eigenvalue weighted by molar-refractivity contribution is -0.123. The fourth-order valence-corrected chi connectivity index (χ4v) is 6.63. The van der Waals surface area contributed by atoms with Gasteiger partial charge >= 0.3 is 0 Å². The fraction of sp³-hybridized carbons (Fsp3) is 1.00. The van der Waals surface area contributed by atoms with Crippen LogP contribution in [-0.4, -0.2) is 0 Å². The lowest BCUT2D eigenvalue weighted by Gasteiger charge is -2.60. The summed E-state index contributed by atoms with van der Waals surface area (Å²) in [6.07, 6.45) is 1.27. The Balaban J connectivity index is 3.84. The molecule has 0 bridgehead atoms. The van der Waals surface area contributed by atoms with Crippen LogP contribution in [0.15, 0.2) is 0 Å². The van der Waals surface area contributed by atoms with E-state index < -0.39 is 0 Å². The van der Waals surface area contributed by atoms with Gasteiger partial charge in [0.1, 0.15) is 0 Å². The molecule has 132 valence electrons. The predicted molar refractivity (Wildman–Crippen MR) is 101 cm³/mol. The van der Waals surface area contributed by atoms with E-state index in [0.717, 1.165) is 0 Å². The van der Waals surface area contributed by atoms with Crippen LogP contribution in [0.4, 0.5) is 0 Å². The molecule has 0 heteroatoms. The van der Waals surface area contributed by atoms with E-state index in [0.29, 0.717) is 5.41 Å². The van der Waals surface area contributed by atoms with Crippen LogP contribution in [0.5, 0.6) is 0 Å². The zero-order valence-electron chi connectivity index (χ0n) is 18.2.